The molecule has 0 radical (unpaired) electrons. The van der Waals surface area contributed by atoms with E-state index >= 15 is 0 Å². The van der Waals surface area contributed by atoms with E-state index in [1.54, 1.807) is 6.92 Å². The summed E-state index contributed by atoms with van der Waals surface area (Å²) >= 11 is 0. The van der Waals surface area contributed by atoms with E-state index in [1.165, 1.54) is 24.8 Å². The van der Waals surface area contributed by atoms with Crippen LogP contribution in [0, 0.1) is 56.7 Å². The lowest BCUT2D eigenvalue weighted by Gasteiger charge is -2.73. The van der Waals surface area contributed by atoms with E-state index < -0.39 is 37.3 Å². The zero-order valence-electron chi connectivity index (χ0n) is 29.5. The molecule has 8 nitrogen and oxygen atoms in total. The maximum Gasteiger partial charge on any atom is 0.302 e. The average molecular weight is 647 g/mol. The molecule has 1 unspecified atom stereocenters. The van der Waals surface area contributed by atoms with E-state index in [4.69, 9.17) is 14.2 Å². The van der Waals surface area contributed by atoms with Gasteiger partial charge in [-0.1, -0.05) is 46.8 Å². The summed E-state index contributed by atoms with van der Waals surface area (Å²) in [5.41, 5.74) is 1.64. The van der Waals surface area contributed by atoms with Crippen molar-refractivity contribution in [3.63, 3.8) is 0 Å². The zero-order valence-corrected chi connectivity index (χ0v) is 29.5. The molecule has 1 heterocycles. The van der Waals surface area contributed by atoms with Gasteiger partial charge in [0.25, 0.3) is 0 Å². The first kappa shape index (κ1) is 34.8. The molecule has 0 aromatic rings. The minimum Gasteiger partial charge on any atom is -0.465 e. The van der Waals surface area contributed by atoms with Crippen molar-refractivity contribution in [3.05, 3.63) is 12.2 Å². The number of aliphatic hydroxyl groups excluding tert-OH is 4. The Hall–Kier alpha value is -1.03. The predicted octanol–water partition coefficient (Wildman–Crippen LogP) is 5.39. The van der Waals surface area contributed by atoms with Crippen LogP contribution in [0.3, 0.4) is 0 Å². The van der Waals surface area contributed by atoms with Crippen molar-refractivity contribution < 1.29 is 39.4 Å². The molecule has 5 saturated carbocycles. The first-order valence-corrected chi connectivity index (χ1v) is 18.2. The molecule has 4 N–H and O–H groups in total. The highest BCUT2D eigenvalue weighted by Gasteiger charge is 2.71. The lowest BCUT2D eigenvalue weighted by atomic mass is 9.32. The molecule has 6 rings (SSSR count). The minimum atomic E-state index is -1.41. The van der Waals surface area contributed by atoms with Crippen molar-refractivity contribution in [3.8, 4) is 0 Å². The number of hydrogen-bond donors (Lipinski definition) is 4. The number of rotatable bonds is 6. The fourth-order valence-corrected chi connectivity index (χ4v) is 13.4. The van der Waals surface area contributed by atoms with Crippen molar-refractivity contribution in [2.75, 3.05) is 13.2 Å². The first-order valence-electron chi connectivity index (χ1n) is 18.2. The topological polar surface area (TPSA) is 126 Å². The molecule has 0 aromatic heterocycles. The Morgan fingerprint density at radius 2 is 1.57 bits per heavy atom. The first-order chi connectivity index (χ1) is 21.5. The normalized spacial score (nSPS) is 52.9. The maximum atomic E-state index is 12.0. The van der Waals surface area contributed by atoms with Crippen LogP contribution < -0.4 is 0 Å². The number of carbonyl (C=O) groups is 1. The van der Waals surface area contributed by atoms with Gasteiger partial charge in [0.05, 0.1) is 19.3 Å². The Bertz CT molecular complexity index is 1190. The number of ether oxygens (including phenoxy) is 3. The molecule has 1 aliphatic heterocycles. The second-order valence-corrected chi connectivity index (χ2v) is 18.0. The summed E-state index contributed by atoms with van der Waals surface area (Å²) < 4.78 is 17.8. The van der Waals surface area contributed by atoms with Gasteiger partial charge in [0.15, 0.2) is 6.29 Å². The lowest BCUT2D eigenvalue weighted by molar-refractivity contribution is -0.320. The van der Waals surface area contributed by atoms with Crippen molar-refractivity contribution in [1.82, 2.24) is 0 Å². The molecule has 8 heteroatoms. The average Bonchev–Trinajstić information content (AvgIpc) is 3.37. The van der Waals surface area contributed by atoms with E-state index in [2.05, 4.69) is 48.1 Å². The van der Waals surface area contributed by atoms with Crippen LogP contribution in [-0.2, 0) is 19.0 Å². The van der Waals surface area contributed by atoms with E-state index in [1.807, 2.05) is 0 Å². The van der Waals surface area contributed by atoms with Crippen molar-refractivity contribution in [2.45, 2.75) is 149 Å². The summed E-state index contributed by atoms with van der Waals surface area (Å²) in [7, 11) is 0. The largest absolute Gasteiger partial charge is 0.465 e. The van der Waals surface area contributed by atoms with Crippen LogP contribution in [0.4, 0.5) is 0 Å². The van der Waals surface area contributed by atoms with Crippen molar-refractivity contribution >= 4 is 5.97 Å². The highest BCUT2D eigenvalue weighted by molar-refractivity contribution is 5.65. The van der Waals surface area contributed by atoms with Gasteiger partial charge in [-0.25, -0.2) is 0 Å². The lowest BCUT2D eigenvalue weighted by Crippen LogP contribution is -2.67. The van der Waals surface area contributed by atoms with Gasteiger partial charge >= 0.3 is 5.97 Å². The molecule has 6 aliphatic rings. The summed E-state index contributed by atoms with van der Waals surface area (Å²) in [6.07, 6.45) is 4.68. The van der Waals surface area contributed by atoms with Crippen LogP contribution >= 0.6 is 0 Å². The minimum absolute atomic E-state index is 0.0594. The molecule has 15 atom stereocenters. The molecule has 1 saturated heterocycles. The third-order valence-corrected chi connectivity index (χ3v) is 15.9. The van der Waals surface area contributed by atoms with E-state index in [0.29, 0.717) is 36.2 Å². The van der Waals surface area contributed by atoms with Crippen LogP contribution in [0.25, 0.3) is 0 Å². The van der Waals surface area contributed by atoms with Gasteiger partial charge in [0.1, 0.15) is 24.4 Å². The van der Waals surface area contributed by atoms with Gasteiger partial charge in [-0.05, 0) is 122 Å². The van der Waals surface area contributed by atoms with Gasteiger partial charge < -0.3 is 34.6 Å². The fraction of sp³-hybridized carbons (Fsp3) is 0.921. The standard InChI is InChI=1S/C38H62O8/c1-21(2)23-11-16-38(20-44-22(3)40)18-17-36(7)24(29(23)38)9-10-27-35(6)14-13-28(34(4,5)26(35)12-15-37(27,36)8)46-32-31(42)30(41)25(19-39)45-33(32)43/h23-33,39,41-43H,1,9-20H2,2-8H3/t23-,24+,25+,26-,27+,28?,29+,30-,31-,32+,33+,35-,36+,37+,38+/m0/s1. The molecule has 262 valence electrons. The number of hydrogen-bond acceptors (Lipinski definition) is 8. The maximum absolute atomic E-state index is 12.0. The van der Waals surface area contributed by atoms with Crippen molar-refractivity contribution in [2.24, 2.45) is 56.7 Å². The highest BCUT2D eigenvalue weighted by atomic mass is 16.7. The zero-order chi connectivity index (χ0) is 33.6. The Balaban J connectivity index is 1.26. The number of allylic oxidation sites excluding steroid dienone is 1. The third kappa shape index (κ3) is 4.93. The van der Waals surface area contributed by atoms with E-state index in [-0.39, 0.29) is 39.1 Å². The van der Waals surface area contributed by atoms with Crippen LogP contribution in [0.15, 0.2) is 12.2 Å². The van der Waals surface area contributed by atoms with Crippen LogP contribution in [0.5, 0.6) is 0 Å². The molecule has 0 spiro atoms. The second kappa shape index (κ2) is 11.8. The van der Waals surface area contributed by atoms with Crippen LogP contribution in [0.2, 0.25) is 0 Å². The number of aliphatic hydroxyl groups is 4. The molecule has 6 fully saturated rings. The summed E-state index contributed by atoms with van der Waals surface area (Å²) in [6, 6.07) is 0. The highest BCUT2D eigenvalue weighted by Crippen LogP contribution is 2.77. The molecule has 0 amide bonds. The van der Waals surface area contributed by atoms with Gasteiger partial charge in [0, 0.05) is 12.3 Å². The molecular formula is C38H62O8. The molecular weight excluding hydrogens is 584 g/mol. The Morgan fingerprint density at radius 3 is 2.22 bits per heavy atom. The Kier molecular flexibility index (Phi) is 8.93. The third-order valence-electron chi connectivity index (χ3n) is 15.9. The summed E-state index contributed by atoms with van der Waals surface area (Å²) in [4.78, 5) is 12.0. The van der Waals surface area contributed by atoms with Crippen LogP contribution in [0.1, 0.15) is 113 Å². The fourth-order valence-electron chi connectivity index (χ4n) is 13.4. The summed E-state index contributed by atoms with van der Waals surface area (Å²) in [5.74, 6) is 2.38. The monoisotopic (exact) mass is 646 g/mol. The second-order valence-electron chi connectivity index (χ2n) is 18.0. The van der Waals surface area contributed by atoms with E-state index in [9.17, 15) is 25.2 Å². The molecule has 0 aromatic carbocycles. The number of esters is 1. The van der Waals surface area contributed by atoms with Gasteiger partial charge in [-0.3, -0.25) is 4.79 Å². The van der Waals surface area contributed by atoms with Crippen molar-refractivity contribution in [1.29, 1.82) is 0 Å². The summed E-state index contributed by atoms with van der Waals surface area (Å²) in [5, 5.41) is 41.6. The Labute approximate surface area is 276 Å². The Morgan fingerprint density at radius 1 is 0.848 bits per heavy atom. The van der Waals surface area contributed by atoms with Gasteiger partial charge in [0.2, 0.25) is 0 Å². The summed E-state index contributed by atoms with van der Waals surface area (Å²) in [6.45, 7) is 20.7. The van der Waals surface area contributed by atoms with E-state index in [0.717, 1.165) is 44.9 Å². The van der Waals surface area contributed by atoms with Gasteiger partial charge in [-0.15, -0.1) is 0 Å². The molecule has 46 heavy (non-hydrogen) atoms. The molecule has 0 bridgehead atoms. The smallest absolute Gasteiger partial charge is 0.302 e. The van der Waals surface area contributed by atoms with Crippen LogP contribution in [-0.4, -0.2) is 76.4 Å². The number of carbonyl (C=O) groups excluding carboxylic acids is 1. The predicted molar refractivity (Wildman–Crippen MR) is 174 cm³/mol. The molecule has 5 aliphatic carbocycles. The SMILES string of the molecule is C=C(C)[C@@H]1CC[C@]2(COC(C)=O)CC[C@]3(C)[C@H](CC[C@@H]4[C@@]5(C)CCC(O[C@@H]6[C@@H](O)[C@@H](O)[C@@H](CO)O[C@H]6O)C(C)(C)[C@@H]5CC[C@]43C)[C@@H]12. The van der Waals surface area contributed by atoms with Gasteiger partial charge in [-0.2, -0.15) is 0 Å². The number of fused-ring (bicyclic) bond motifs is 7. The quantitative estimate of drug-likeness (QED) is 0.224.